The summed E-state index contributed by atoms with van der Waals surface area (Å²) in [5.41, 5.74) is 2.53. The number of hydrogen-bond donors (Lipinski definition) is 0. The van der Waals surface area contributed by atoms with Crippen LogP contribution >= 0.6 is 0 Å². The molecule has 0 N–H and O–H groups in total. The summed E-state index contributed by atoms with van der Waals surface area (Å²) in [6, 6.07) is 0. The van der Waals surface area contributed by atoms with E-state index in [2.05, 4.69) is 31.4 Å². The van der Waals surface area contributed by atoms with Gasteiger partial charge in [-0.25, -0.2) is 0 Å². The molecule has 0 aromatic heterocycles. The first-order valence-electron chi connectivity index (χ1n) is 4.79. The molecule has 0 aromatic carbocycles. The van der Waals surface area contributed by atoms with E-state index in [9.17, 15) is 0 Å². The van der Waals surface area contributed by atoms with Gasteiger partial charge in [0, 0.05) is 18.8 Å². The van der Waals surface area contributed by atoms with Crippen LogP contribution in [0.15, 0.2) is 23.9 Å². The first-order chi connectivity index (χ1) is 5.70. The number of allylic oxidation sites excluding steroid dienone is 2. The first kappa shape index (κ1) is 9.37. The maximum absolute atomic E-state index is 4.07. The zero-order chi connectivity index (χ0) is 8.97. The van der Waals surface area contributed by atoms with Crippen LogP contribution in [0.5, 0.6) is 0 Å². The van der Waals surface area contributed by atoms with Crippen LogP contribution in [0.25, 0.3) is 0 Å². The fourth-order valence-electron chi connectivity index (χ4n) is 1.61. The molecule has 0 spiro atoms. The Labute approximate surface area is 75.8 Å². The van der Waals surface area contributed by atoms with E-state index < -0.39 is 0 Å². The molecule has 1 fully saturated rings. The van der Waals surface area contributed by atoms with Crippen molar-refractivity contribution in [2.24, 2.45) is 0 Å². The number of piperidine rings is 1. The molecule has 0 amide bonds. The van der Waals surface area contributed by atoms with Gasteiger partial charge in [-0.15, -0.1) is 0 Å². The molecule has 1 aliphatic rings. The highest BCUT2D eigenvalue weighted by Gasteiger charge is 2.09. The van der Waals surface area contributed by atoms with Crippen molar-refractivity contribution in [3.63, 3.8) is 0 Å². The Morgan fingerprint density at radius 1 is 1.17 bits per heavy atom. The lowest BCUT2D eigenvalue weighted by Crippen LogP contribution is -2.27. The normalized spacial score (nSPS) is 17.3. The molecule has 68 valence electrons. The Hall–Kier alpha value is -0.720. The summed E-state index contributed by atoms with van der Waals surface area (Å²) >= 11 is 0. The van der Waals surface area contributed by atoms with Crippen LogP contribution in [0.3, 0.4) is 0 Å². The monoisotopic (exact) mass is 165 g/mol. The van der Waals surface area contributed by atoms with Crippen molar-refractivity contribution in [1.29, 1.82) is 0 Å². The molecule has 0 aliphatic carbocycles. The molecule has 0 aromatic rings. The van der Waals surface area contributed by atoms with E-state index in [4.69, 9.17) is 0 Å². The quantitative estimate of drug-likeness (QED) is 0.569. The van der Waals surface area contributed by atoms with Crippen LogP contribution in [0.1, 0.15) is 33.1 Å². The second kappa shape index (κ2) is 4.34. The third kappa shape index (κ3) is 2.72. The van der Waals surface area contributed by atoms with Crippen LogP contribution in [0.2, 0.25) is 0 Å². The van der Waals surface area contributed by atoms with Crippen molar-refractivity contribution in [2.45, 2.75) is 33.1 Å². The molecule has 1 nitrogen and oxygen atoms in total. The lowest BCUT2D eigenvalue weighted by atomic mass is 10.1. The predicted molar refractivity (Wildman–Crippen MR) is 54.0 cm³/mol. The lowest BCUT2D eigenvalue weighted by Gasteiger charge is -2.29. The molecule has 1 heterocycles. The van der Waals surface area contributed by atoms with E-state index in [1.807, 2.05) is 0 Å². The van der Waals surface area contributed by atoms with E-state index >= 15 is 0 Å². The molecule has 12 heavy (non-hydrogen) atoms. The van der Waals surface area contributed by atoms with E-state index in [0.717, 1.165) is 0 Å². The average Bonchev–Trinajstić information content (AvgIpc) is 2.05. The van der Waals surface area contributed by atoms with Crippen LogP contribution in [0, 0.1) is 0 Å². The third-order valence-corrected chi connectivity index (χ3v) is 2.22. The van der Waals surface area contributed by atoms with Crippen molar-refractivity contribution >= 4 is 0 Å². The standard InChI is InChI=1S/C11H19N/c1-10(2)9-11(3)12-7-5-4-6-8-12/h9H,3-8H2,1-2H3. The van der Waals surface area contributed by atoms with Crippen molar-refractivity contribution < 1.29 is 0 Å². The smallest absolute Gasteiger partial charge is 0.0292 e. The second-order valence-corrected chi connectivity index (χ2v) is 3.76. The van der Waals surface area contributed by atoms with Gasteiger partial charge in [0.25, 0.3) is 0 Å². The van der Waals surface area contributed by atoms with E-state index in [1.54, 1.807) is 0 Å². The highest BCUT2D eigenvalue weighted by Crippen LogP contribution is 2.14. The Morgan fingerprint density at radius 3 is 2.25 bits per heavy atom. The Morgan fingerprint density at radius 2 is 1.75 bits per heavy atom. The fraction of sp³-hybridized carbons (Fsp3) is 0.636. The molecule has 0 radical (unpaired) electrons. The lowest BCUT2D eigenvalue weighted by molar-refractivity contribution is 0.294. The van der Waals surface area contributed by atoms with Gasteiger partial charge in [0.1, 0.15) is 0 Å². The summed E-state index contributed by atoms with van der Waals surface area (Å²) in [7, 11) is 0. The summed E-state index contributed by atoms with van der Waals surface area (Å²) in [5, 5.41) is 0. The summed E-state index contributed by atoms with van der Waals surface area (Å²) in [5.74, 6) is 0. The van der Waals surface area contributed by atoms with Gasteiger partial charge in [0.05, 0.1) is 0 Å². The molecule has 1 rings (SSSR count). The van der Waals surface area contributed by atoms with Crippen molar-refractivity contribution in [3.8, 4) is 0 Å². The van der Waals surface area contributed by atoms with E-state index in [0.29, 0.717) is 0 Å². The summed E-state index contributed by atoms with van der Waals surface area (Å²) in [4.78, 5) is 2.39. The summed E-state index contributed by atoms with van der Waals surface area (Å²) in [6.45, 7) is 10.7. The highest BCUT2D eigenvalue weighted by atomic mass is 15.1. The largest absolute Gasteiger partial charge is 0.372 e. The van der Waals surface area contributed by atoms with Crippen molar-refractivity contribution in [2.75, 3.05) is 13.1 Å². The predicted octanol–water partition coefficient (Wildman–Crippen LogP) is 2.95. The second-order valence-electron chi connectivity index (χ2n) is 3.76. The SMILES string of the molecule is C=C(C=C(C)C)N1CCCCC1. The number of likely N-dealkylation sites (tertiary alicyclic amines) is 1. The number of rotatable bonds is 2. The topological polar surface area (TPSA) is 3.24 Å². The number of hydrogen-bond acceptors (Lipinski definition) is 1. The van der Waals surface area contributed by atoms with Crippen LogP contribution in [0.4, 0.5) is 0 Å². The average molecular weight is 165 g/mol. The fourth-order valence-corrected chi connectivity index (χ4v) is 1.61. The number of nitrogens with zero attached hydrogens (tertiary/aromatic N) is 1. The zero-order valence-electron chi connectivity index (χ0n) is 8.27. The molecule has 0 unspecified atom stereocenters. The molecule has 1 saturated heterocycles. The van der Waals surface area contributed by atoms with Crippen LogP contribution in [-0.4, -0.2) is 18.0 Å². The van der Waals surface area contributed by atoms with Gasteiger partial charge in [-0.05, 0) is 39.2 Å². The van der Waals surface area contributed by atoms with Gasteiger partial charge in [0.15, 0.2) is 0 Å². The van der Waals surface area contributed by atoms with Crippen LogP contribution < -0.4 is 0 Å². The van der Waals surface area contributed by atoms with Gasteiger partial charge in [-0.1, -0.05) is 12.2 Å². The van der Waals surface area contributed by atoms with Gasteiger partial charge in [-0.3, -0.25) is 0 Å². The molecular formula is C11H19N. The van der Waals surface area contributed by atoms with Gasteiger partial charge >= 0.3 is 0 Å². The molecule has 0 saturated carbocycles. The Balaban J connectivity index is 2.45. The summed E-state index contributed by atoms with van der Waals surface area (Å²) in [6.07, 6.45) is 6.22. The van der Waals surface area contributed by atoms with Crippen LogP contribution in [-0.2, 0) is 0 Å². The highest BCUT2D eigenvalue weighted by molar-refractivity contribution is 5.17. The molecule has 0 bridgehead atoms. The Kier molecular flexibility index (Phi) is 3.39. The molecular weight excluding hydrogens is 146 g/mol. The van der Waals surface area contributed by atoms with Gasteiger partial charge in [0.2, 0.25) is 0 Å². The maximum Gasteiger partial charge on any atom is 0.0292 e. The van der Waals surface area contributed by atoms with E-state index in [-0.39, 0.29) is 0 Å². The molecule has 1 aliphatic heterocycles. The van der Waals surface area contributed by atoms with Crippen molar-refractivity contribution in [1.82, 2.24) is 4.90 Å². The maximum atomic E-state index is 4.07. The molecule has 0 atom stereocenters. The minimum atomic E-state index is 1.19. The van der Waals surface area contributed by atoms with E-state index in [1.165, 1.54) is 43.6 Å². The Bertz CT molecular complexity index is 181. The third-order valence-electron chi connectivity index (χ3n) is 2.22. The summed E-state index contributed by atoms with van der Waals surface area (Å²) < 4.78 is 0. The first-order valence-corrected chi connectivity index (χ1v) is 4.79. The van der Waals surface area contributed by atoms with Gasteiger partial charge in [-0.2, -0.15) is 0 Å². The minimum absolute atomic E-state index is 1.19. The zero-order valence-corrected chi connectivity index (χ0v) is 8.27. The minimum Gasteiger partial charge on any atom is -0.372 e. The van der Waals surface area contributed by atoms with Gasteiger partial charge < -0.3 is 4.90 Å². The molecule has 1 heteroatoms. The van der Waals surface area contributed by atoms with Crippen molar-refractivity contribution in [3.05, 3.63) is 23.9 Å².